The van der Waals surface area contributed by atoms with Gasteiger partial charge in [-0.3, -0.25) is 9.48 Å². The number of nitrogens with zero attached hydrogens (tertiary/aromatic N) is 4. The van der Waals surface area contributed by atoms with Gasteiger partial charge < -0.3 is 14.4 Å². The van der Waals surface area contributed by atoms with Crippen LogP contribution in [-0.2, 0) is 21.3 Å². The molecule has 1 aromatic heterocycles. The molecule has 7 nitrogen and oxygen atoms in total. The number of aryl methyl sites for hydroxylation is 1. The summed E-state index contributed by atoms with van der Waals surface area (Å²) < 4.78 is 12.4. The third-order valence-electron chi connectivity index (χ3n) is 3.88. The SMILES string of the molecule is CO[C@@H]1CN(C(=O)C(C)(C)OC)C[C@H]1c1cn(C)nn1. The first-order valence-corrected chi connectivity index (χ1v) is 6.62. The Kier molecular flexibility index (Phi) is 4.10. The van der Waals surface area contributed by atoms with E-state index in [1.165, 1.54) is 0 Å². The Morgan fingerprint density at radius 3 is 2.60 bits per heavy atom. The molecule has 1 aliphatic rings. The molecule has 1 aromatic rings. The number of rotatable bonds is 4. The molecule has 7 heteroatoms. The minimum atomic E-state index is -0.824. The molecule has 0 N–H and O–H groups in total. The molecular weight excluding hydrogens is 260 g/mol. The Balaban J connectivity index is 2.16. The summed E-state index contributed by atoms with van der Waals surface area (Å²) in [5.74, 6) is 0.0127. The average molecular weight is 282 g/mol. The Labute approximate surface area is 118 Å². The van der Waals surface area contributed by atoms with Crippen LogP contribution in [0.5, 0.6) is 0 Å². The molecule has 0 aliphatic carbocycles. The second-order valence-electron chi connectivity index (χ2n) is 5.62. The fourth-order valence-corrected chi connectivity index (χ4v) is 2.47. The maximum Gasteiger partial charge on any atom is 0.254 e. The van der Waals surface area contributed by atoms with E-state index in [-0.39, 0.29) is 17.9 Å². The fraction of sp³-hybridized carbons (Fsp3) is 0.769. The lowest BCUT2D eigenvalue weighted by atomic mass is 10.0. The van der Waals surface area contributed by atoms with Gasteiger partial charge in [-0.05, 0) is 13.8 Å². The van der Waals surface area contributed by atoms with E-state index in [0.29, 0.717) is 13.1 Å². The van der Waals surface area contributed by atoms with Crippen molar-refractivity contribution in [3.63, 3.8) is 0 Å². The molecule has 2 atom stereocenters. The lowest BCUT2D eigenvalue weighted by Crippen LogP contribution is -2.45. The van der Waals surface area contributed by atoms with Crippen LogP contribution in [0.2, 0.25) is 0 Å². The zero-order chi connectivity index (χ0) is 14.9. The molecule has 112 valence electrons. The van der Waals surface area contributed by atoms with E-state index in [9.17, 15) is 4.79 Å². The van der Waals surface area contributed by atoms with Crippen molar-refractivity contribution in [1.29, 1.82) is 0 Å². The number of ether oxygens (including phenoxy) is 2. The summed E-state index contributed by atoms with van der Waals surface area (Å²) in [6.45, 7) is 4.66. The number of methoxy groups -OCH3 is 2. The molecule has 1 saturated heterocycles. The third-order valence-corrected chi connectivity index (χ3v) is 3.88. The molecule has 1 aliphatic heterocycles. The molecule has 0 spiro atoms. The summed E-state index contributed by atoms with van der Waals surface area (Å²) in [4.78, 5) is 14.2. The van der Waals surface area contributed by atoms with Gasteiger partial charge in [0.05, 0.1) is 17.7 Å². The summed E-state index contributed by atoms with van der Waals surface area (Å²) in [5, 5.41) is 8.08. The molecule has 1 fully saturated rings. The van der Waals surface area contributed by atoms with Crippen molar-refractivity contribution in [1.82, 2.24) is 19.9 Å². The van der Waals surface area contributed by atoms with Gasteiger partial charge in [-0.2, -0.15) is 0 Å². The Morgan fingerprint density at radius 2 is 2.10 bits per heavy atom. The number of aromatic nitrogens is 3. The predicted molar refractivity (Wildman–Crippen MR) is 72.2 cm³/mol. The predicted octanol–water partition coefficient (Wildman–Crippen LogP) is 0.181. The largest absolute Gasteiger partial charge is 0.379 e. The Morgan fingerprint density at radius 1 is 1.40 bits per heavy atom. The average Bonchev–Trinajstić information content (AvgIpc) is 3.03. The highest BCUT2D eigenvalue weighted by Crippen LogP contribution is 2.30. The quantitative estimate of drug-likeness (QED) is 0.788. The van der Waals surface area contributed by atoms with E-state index in [1.54, 1.807) is 37.6 Å². The minimum Gasteiger partial charge on any atom is -0.379 e. The third kappa shape index (κ3) is 2.69. The molecule has 0 saturated carbocycles. The van der Waals surface area contributed by atoms with Crippen LogP contribution in [0.3, 0.4) is 0 Å². The monoisotopic (exact) mass is 282 g/mol. The maximum absolute atomic E-state index is 12.4. The molecule has 0 aromatic carbocycles. The summed E-state index contributed by atoms with van der Waals surface area (Å²) >= 11 is 0. The number of likely N-dealkylation sites (tertiary alicyclic amines) is 1. The van der Waals surface area contributed by atoms with Crippen LogP contribution in [0, 0.1) is 0 Å². The van der Waals surface area contributed by atoms with Gasteiger partial charge in [-0.25, -0.2) is 0 Å². The van der Waals surface area contributed by atoms with Crippen molar-refractivity contribution in [2.24, 2.45) is 7.05 Å². The van der Waals surface area contributed by atoms with Gasteiger partial charge in [0, 0.05) is 40.6 Å². The van der Waals surface area contributed by atoms with Crippen molar-refractivity contribution in [2.45, 2.75) is 31.5 Å². The molecule has 20 heavy (non-hydrogen) atoms. The maximum atomic E-state index is 12.4. The van der Waals surface area contributed by atoms with Crippen LogP contribution < -0.4 is 0 Å². The summed E-state index contributed by atoms with van der Waals surface area (Å²) in [5.41, 5.74) is 0.0279. The second kappa shape index (κ2) is 5.49. The van der Waals surface area contributed by atoms with Gasteiger partial charge in [0.2, 0.25) is 0 Å². The molecule has 2 rings (SSSR count). The normalized spacial score (nSPS) is 23.4. The number of carbonyl (C=O) groups is 1. The van der Waals surface area contributed by atoms with Gasteiger partial charge in [-0.15, -0.1) is 5.10 Å². The number of amides is 1. The van der Waals surface area contributed by atoms with Crippen molar-refractivity contribution in [2.75, 3.05) is 27.3 Å². The van der Waals surface area contributed by atoms with Crippen LogP contribution in [0.1, 0.15) is 25.5 Å². The number of carbonyl (C=O) groups excluding carboxylic acids is 1. The first kappa shape index (κ1) is 14.9. The lowest BCUT2D eigenvalue weighted by Gasteiger charge is -2.27. The number of hydrogen-bond donors (Lipinski definition) is 0. The Hall–Kier alpha value is -1.47. The lowest BCUT2D eigenvalue weighted by molar-refractivity contribution is -0.150. The molecular formula is C13H22N4O3. The summed E-state index contributed by atoms with van der Waals surface area (Å²) in [6, 6.07) is 0. The molecule has 0 unspecified atom stereocenters. The van der Waals surface area contributed by atoms with Crippen molar-refractivity contribution >= 4 is 5.91 Å². The molecule has 0 bridgehead atoms. The summed E-state index contributed by atoms with van der Waals surface area (Å²) in [7, 11) is 5.02. The van der Waals surface area contributed by atoms with E-state index in [1.807, 2.05) is 13.2 Å². The minimum absolute atomic E-state index is 0.0339. The molecule has 2 heterocycles. The zero-order valence-electron chi connectivity index (χ0n) is 12.7. The van der Waals surface area contributed by atoms with E-state index in [0.717, 1.165) is 5.69 Å². The van der Waals surface area contributed by atoms with Crippen LogP contribution >= 0.6 is 0 Å². The van der Waals surface area contributed by atoms with Crippen molar-refractivity contribution in [3.05, 3.63) is 11.9 Å². The standard InChI is InChI=1S/C13H22N4O3/c1-13(2,20-5)12(18)17-6-9(11(8-17)19-4)10-7-16(3)15-14-10/h7,9,11H,6,8H2,1-5H3/t9-,11+/m0/s1. The topological polar surface area (TPSA) is 69.5 Å². The first-order valence-electron chi connectivity index (χ1n) is 6.62. The highest BCUT2D eigenvalue weighted by atomic mass is 16.5. The van der Waals surface area contributed by atoms with Crippen LogP contribution in [0.4, 0.5) is 0 Å². The van der Waals surface area contributed by atoms with E-state index in [2.05, 4.69) is 10.3 Å². The smallest absolute Gasteiger partial charge is 0.254 e. The van der Waals surface area contributed by atoms with E-state index in [4.69, 9.17) is 9.47 Å². The molecule has 1 amide bonds. The van der Waals surface area contributed by atoms with Crippen molar-refractivity contribution in [3.8, 4) is 0 Å². The van der Waals surface area contributed by atoms with Crippen LogP contribution in [0.15, 0.2) is 6.20 Å². The van der Waals surface area contributed by atoms with Gasteiger partial charge in [-0.1, -0.05) is 5.21 Å². The summed E-state index contributed by atoms with van der Waals surface area (Å²) in [6.07, 6.45) is 1.80. The highest BCUT2D eigenvalue weighted by Gasteiger charge is 2.42. The van der Waals surface area contributed by atoms with Gasteiger partial charge >= 0.3 is 0 Å². The van der Waals surface area contributed by atoms with Crippen molar-refractivity contribution < 1.29 is 14.3 Å². The second-order valence-corrected chi connectivity index (χ2v) is 5.62. The van der Waals surface area contributed by atoms with E-state index < -0.39 is 5.60 Å². The van der Waals surface area contributed by atoms with E-state index >= 15 is 0 Å². The Bertz CT molecular complexity index is 486. The fourth-order valence-electron chi connectivity index (χ4n) is 2.47. The van der Waals surface area contributed by atoms with Gasteiger partial charge in [0.15, 0.2) is 0 Å². The highest BCUT2D eigenvalue weighted by molar-refractivity contribution is 5.84. The van der Waals surface area contributed by atoms with Gasteiger partial charge in [0.1, 0.15) is 5.60 Å². The molecule has 0 radical (unpaired) electrons. The number of hydrogen-bond acceptors (Lipinski definition) is 5. The first-order chi connectivity index (χ1) is 9.39. The zero-order valence-corrected chi connectivity index (χ0v) is 12.7. The van der Waals surface area contributed by atoms with Crippen LogP contribution in [-0.4, -0.2) is 64.8 Å². The van der Waals surface area contributed by atoms with Crippen LogP contribution in [0.25, 0.3) is 0 Å². The van der Waals surface area contributed by atoms with Gasteiger partial charge in [0.25, 0.3) is 5.91 Å².